The van der Waals surface area contributed by atoms with Crippen LogP contribution in [-0.2, 0) is 14.9 Å². The molecule has 0 amide bonds. The zero-order valence-electron chi connectivity index (χ0n) is 19.3. The van der Waals surface area contributed by atoms with Gasteiger partial charge in [-0.3, -0.25) is 0 Å². The summed E-state index contributed by atoms with van der Waals surface area (Å²) >= 11 is 0. The molecule has 0 bridgehead atoms. The monoisotopic (exact) mass is 470 g/mol. The van der Waals surface area contributed by atoms with Crippen LogP contribution >= 0.6 is 0 Å². The maximum absolute atomic E-state index is 12.4. The van der Waals surface area contributed by atoms with Crippen LogP contribution in [0.1, 0.15) is 31.9 Å². The van der Waals surface area contributed by atoms with E-state index in [1.54, 1.807) is 24.3 Å². The SMILES string of the molecule is COC(=O)C=Cc1ccc(-c2ccc(OC(F)(F)F)cc2)cc1Oc1ccc(C(C)(C)C)cc1. The van der Waals surface area contributed by atoms with Gasteiger partial charge in [0.2, 0.25) is 0 Å². The lowest BCUT2D eigenvalue weighted by Crippen LogP contribution is -2.16. The second-order valence-corrected chi connectivity index (χ2v) is 8.56. The summed E-state index contributed by atoms with van der Waals surface area (Å²) < 4.78 is 52.0. The summed E-state index contributed by atoms with van der Waals surface area (Å²) in [4.78, 5) is 11.6. The van der Waals surface area contributed by atoms with Gasteiger partial charge in [-0.2, -0.15) is 0 Å². The highest BCUT2D eigenvalue weighted by Gasteiger charge is 2.31. The normalized spacial score (nSPS) is 12.0. The molecule has 0 saturated heterocycles. The Bertz CT molecular complexity index is 1160. The summed E-state index contributed by atoms with van der Waals surface area (Å²) in [5.41, 5.74) is 3.17. The van der Waals surface area contributed by atoms with E-state index in [2.05, 4.69) is 30.2 Å². The number of esters is 1. The van der Waals surface area contributed by atoms with Gasteiger partial charge in [-0.1, -0.05) is 57.2 Å². The lowest BCUT2D eigenvalue weighted by molar-refractivity contribution is -0.274. The first kappa shape index (κ1) is 24.9. The van der Waals surface area contributed by atoms with Crippen molar-refractivity contribution in [2.75, 3.05) is 7.11 Å². The van der Waals surface area contributed by atoms with Gasteiger partial charge in [-0.25, -0.2) is 4.79 Å². The van der Waals surface area contributed by atoms with Crippen LogP contribution in [0.5, 0.6) is 17.2 Å². The highest BCUT2D eigenvalue weighted by Crippen LogP contribution is 2.34. The first-order valence-corrected chi connectivity index (χ1v) is 10.5. The molecule has 3 rings (SSSR count). The molecule has 3 aromatic carbocycles. The lowest BCUT2D eigenvalue weighted by atomic mass is 9.87. The molecule has 7 heteroatoms. The third-order valence-electron chi connectivity index (χ3n) is 4.98. The van der Waals surface area contributed by atoms with E-state index in [1.165, 1.54) is 37.5 Å². The summed E-state index contributed by atoms with van der Waals surface area (Å²) in [7, 11) is 1.29. The summed E-state index contributed by atoms with van der Waals surface area (Å²) in [6.07, 6.45) is -1.89. The van der Waals surface area contributed by atoms with Crippen LogP contribution in [0, 0.1) is 0 Å². The smallest absolute Gasteiger partial charge is 0.466 e. The van der Waals surface area contributed by atoms with Crippen LogP contribution in [0.15, 0.2) is 72.8 Å². The number of hydrogen-bond acceptors (Lipinski definition) is 4. The van der Waals surface area contributed by atoms with Crippen molar-refractivity contribution >= 4 is 12.0 Å². The number of hydrogen-bond donors (Lipinski definition) is 0. The highest BCUT2D eigenvalue weighted by molar-refractivity contribution is 5.87. The second-order valence-electron chi connectivity index (χ2n) is 8.56. The Morgan fingerprint density at radius 3 is 1.97 bits per heavy atom. The molecule has 178 valence electrons. The minimum atomic E-state index is -4.75. The van der Waals surface area contributed by atoms with Crippen molar-refractivity contribution in [2.24, 2.45) is 0 Å². The van der Waals surface area contributed by atoms with Crippen molar-refractivity contribution in [3.63, 3.8) is 0 Å². The molecule has 34 heavy (non-hydrogen) atoms. The van der Waals surface area contributed by atoms with Gasteiger partial charge >= 0.3 is 12.3 Å². The van der Waals surface area contributed by atoms with Gasteiger partial charge in [0.1, 0.15) is 17.2 Å². The molecule has 0 radical (unpaired) electrons. The van der Waals surface area contributed by atoms with Gasteiger partial charge in [0.05, 0.1) is 7.11 Å². The van der Waals surface area contributed by atoms with Gasteiger partial charge in [-0.05, 0) is 58.5 Å². The van der Waals surface area contributed by atoms with Crippen LogP contribution < -0.4 is 9.47 Å². The average molecular weight is 470 g/mol. The fourth-order valence-electron chi connectivity index (χ4n) is 3.16. The van der Waals surface area contributed by atoms with Crippen molar-refractivity contribution in [3.05, 3.63) is 83.9 Å². The molecule has 0 heterocycles. The van der Waals surface area contributed by atoms with E-state index >= 15 is 0 Å². The van der Waals surface area contributed by atoms with Crippen LogP contribution in [0.2, 0.25) is 0 Å². The number of methoxy groups -OCH3 is 1. The Hall–Kier alpha value is -3.74. The molecule has 0 aliphatic rings. The van der Waals surface area contributed by atoms with Crippen molar-refractivity contribution in [3.8, 4) is 28.4 Å². The molecule has 0 fully saturated rings. The number of carbonyl (C=O) groups is 1. The maximum Gasteiger partial charge on any atom is 0.573 e. The maximum atomic E-state index is 12.4. The van der Waals surface area contributed by atoms with Crippen molar-refractivity contribution < 1.29 is 32.2 Å². The third kappa shape index (κ3) is 6.88. The Morgan fingerprint density at radius 2 is 1.41 bits per heavy atom. The number of benzene rings is 3. The Balaban J connectivity index is 1.94. The first-order valence-electron chi connectivity index (χ1n) is 10.5. The number of carbonyl (C=O) groups excluding carboxylic acids is 1. The van der Waals surface area contributed by atoms with E-state index in [1.807, 2.05) is 24.3 Å². The van der Waals surface area contributed by atoms with E-state index in [0.29, 0.717) is 22.6 Å². The van der Waals surface area contributed by atoms with Crippen molar-refractivity contribution in [1.29, 1.82) is 0 Å². The van der Waals surface area contributed by atoms with Crippen LogP contribution in [0.3, 0.4) is 0 Å². The topological polar surface area (TPSA) is 44.8 Å². The van der Waals surface area contributed by atoms with E-state index in [4.69, 9.17) is 4.74 Å². The summed E-state index contributed by atoms with van der Waals surface area (Å²) in [6, 6.07) is 18.6. The first-order chi connectivity index (χ1) is 15.9. The highest BCUT2D eigenvalue weighted by atomic mass is 19.4. The molecule has 0 aliphatic heterocycles. The zero-order valence-corrected chi connectivity index (χ0v) is 19.3. The van der Waals surface area contributed by atoms with Crippen molar-refractivity contribution in [2.45, 2.75) is 32.5 Å². The van der Waals surface area contributed by atoms with Crippen LogP contribution in [0.4, 0.5) is 13.2 Å². The Labute approximate surface area is 196 Å². The summed E-state index contributed by atoms with van der Waals surface area (Å²) in [5, 5.41) is 0. The third-order valence-corrected chi connectivity index (χ3v) is 4.98. The van der Waals surface area contributed by atoms with Crippen molar-refractivity contribution in [1.82, 2.24) is 0 Å². The fraction of sp³-hybridized carbons (Fsp3) is 0.222. The van der Waals surface area contributed by atoms with E-state index < -0.39 is 12.3 Å². The van der Waals surface area contributed by atoms with E-state index in [-0.39, 0.29) is 11.2 Å². The van der Waals surface area contributed by atoms with Gasteiger partial charge in [0.25, 0.3) is 0 Å². The Kier molecular flexibility index (Phi) is 7.35. The molecule has 0 aromatic heterocycles. The van der Waals surface area contributed by atoms with E-state index in [0.717, 1.165) is 11.1 Å². The molecule has 0 spiro atoms. The van der Waals surface area contributed by atoms with Crippen LogP contribution in [-0.4, -0.2) is 19.4 Å². The largest absolute Gasteiger partial charge is 0.573 e. The molecular weight excluding hydrogens is 445 g/mol. The minimum Gasteiger partial charge on any atom is -0.466 e. The summed E-state index contributed by atoms with van der Waals surface area (Å²) in [6.45, 7) is 6.35. The average Bonchev–Trinajstić information content (AvgIpc) is 2.77. The van der Waals surface area contributed by atoms with Gasteiger partial charge in [0, 0.05) is 11.6 Å². The molecule has 0 N–H and O–H groups in total. The number of alkyl halides is 3. The fourth-order valence-corrected chi connectivity index (χ4v) is 3.16. The number of rotatable bonds is 6. The molecule has 4 nitrogen and oxygen atoms in total. The zero-order chi connectivity index (χ0) is 24.9. The molecule has 0 unspecified atom stereocenters. The summed E-state index contributed by atoms with van der Waals surface area (Å²) in [5.74, 6) is 0.262. The predicted molar refractivity (Wildman–Crippen MR) is 125 cm³/mol. The molecule has 3 aromatic rings. The lowest BCUT2D eigenvalue weighted by Gasteiger charge is -2.19. The second kappa shape index (κ2) is 10.0. The van der Waals surface area contributed by atoms with Gasteiger partial charge < -0.3 is 14.2 Å². The minimum absolute atomic E-state index is 0.00511. The molecule has 0 saturated carbocycles. The van der Waals surface area contributed by atoms with Gasteiger partial charge in [0.15, 0.2) is 0 Å². The predicted octanol–water partition coefficient (Wildman–Crippen LogP) is 7.53. The molecular formula is C27H25F3O4. The van der Waals surface area contributed by atoms with E-state index in [9.17, 15) is 18.0 Å². The molecule has 0 atom stereocenters. The van der Waals surface area contributed by atoms with Crippen LogP contribution in [0.25, 0.3) is 17.2 Å². The molecule has 0 aliphatic carbocycles. The standard InChI is InChI=1S/C27H25F3O4/c1-26(2,3)21-10-14-22(15-11-21)33-24-17-20(6-5-19(24)9-16-25(31)32-4)18-7-12-23(13-8-18)34-27(28,29)30/h5-17H,1-4H3. The quantitative estimate of drug-likeness (QED) is 0.276. The van der Waals surface area contributed by atoms with Gasteiger partial charge in [-0.15, -0.1) is 13.2 Å². The number of ether oxygens (including phenoxy) is 3. The Morgan fingerprint density at radius 1 is 0.824 bits per heavy atom. The number of halogens is 3.